The van der Waals surface area contributed by atoms with Gasteiger partial charge in [0.1, 0.15) is 0 Å². The Hall–Kier alpha value is -4.20. The normalized spacial score (nSPS) is 16.1. The lowest BCUT2D eigenvalue weighted by atomic mass is 10.0. The third-order valence-electron chi connectivity index (χ3n) is 7.34. The average Bonchev–Trinajstić information content (AvgIpc) is 3.64. The highest BCUT2D eigenvalue weighted by atomic mass is 32.1. The number of benzene rings is 2. The second-order valence-corrected chi connectivity index (χ2v) is 11.6. The number of carbonyl (C=O) groups is 2. The largest absolute Gasteiger partial charge is 0.416 e. The summed E-state index contributed by atoms with van der Waals surface area (Å²) in [6.45, 7) is 5.38. The lowest BCUT2D eigenvalue weighted by Crippen LogP contribution is -2.55. The van der Waals surface area contributed by atoms with Crippen molar-refractivity contribution in [2.24, 2.45) is 0 Å². The Bertz CT molecular complexity index is 1650. The second-order valence-electron chi connectivity index (χ2n) is 10.8. The van der Waals surface area contributed by atoms with Crippen LogP contribution in [0.25, 0.3) is 16.4 Å². The Kier molecular flexibility index (Phi) is 8.31. The Balaban J connectivity index is 1.36. The maximum absolute atomic E-state index is 13.7. The van der Waals surface area contributed by atoms with Crippen LogP contribution < -0.4 is 0 Å². The molecule has 2 aromatic carbocycles. The second kappa shape index (κ2) is 11.7. The van der Waals surface area contributed by atoms with E-state index >= 15 is 0 Å². The Labute approximate surface area is 252 Å². The summed E-state index contributed by atoms with van der Waals surface area (Å²) in [4.78, 5) is 34.3. The molecule has 1 aliphatic rings. The topological polar surface area (TPSA) is 71.3 Å². The van der Waals surface area contributed by atoms with Gasteiger partial charge in [0.2, 0.25) is 5.13 Å². The van der Waals surface area contributed by atoms with Gasteiger partial charge in [-0.25, -0.2) is 9.67 Å². The molecule has 0 aliphatic carbocycles. The van der Waals surface area contributed by atoms with Crippen molar-refractivity contribution in [3.8, 4) is 16.4 Å². The van der Waals surface area contributed by atoms with E-state index in [1.54, 1.807) is 11.6 Å². The maximum Gasteiger partial charge on any atom is 0.416 e. The average molecular weight is 636 g/mol. The first-order chi connectivity index (χ1) is 20.6. The number of hydrogen-bond acceptors (Lipinski definition) is 5. The first kappa shape index (κ1) is 31.2. The Morgan fingerprint density at radius 3 is 2.14 bits per heavy atom. The van der Waals surface area contributed by atoms with Gasteiger partial charge >= 0.3 is 12.4 Å². The van der Waals surface area contributed by atoms with Crippen molar-refractivity contribution in [2.45, 2.75) is 45.1 Å². The molecule has 0 spiro atoms. The fraction of sp³-hybridized carbons (Fsp3) is 0.333. The number of piperazine rings is 1. The molecule has 3 heterocycles. The molecule has 1 aliphatic heterocycles. The van der Waals surface area contributed by atoms with E-state index in [1.165, 1.54) is 27.3 Å². The molecule has 44 heavy (non-hydrogen) atoms. The van der Waals surface area contributed by atoms with Crippen molar-refractivity contribution in [1.29, 1.82) is 0 Å². The summed E-state index contributed by atoms with van der Waals surface area (Å²) in [6, 6.07) is 9.75. The predicted molar refractivity (Wildman–Crippen MR) is 152 cm³/mol. The summed E-state index contributed by atoms with van der Waals surface area (Å²) in [7, 11) is 0. The van der Waals surface area contributed by atoms with E-state index in [0.29, 0.717) is 28.5 Å². The van der Waals surface area contributed by atoms with Gasteiger partial charge in [-0.3, -0.25) is 9.59 Å². The molecule has 14 heteroatoms. The van der Waals surface area contributed by atoms with Gasteiger partial charge in [0.15, 0.2) is 0 Å². The summed E-state index contributed by atoms with van der Waals surface area (Å²) in [6.07, 6.45) is -8.69. The van der Waals surface area contributed by atoms with Crippen LogP contribution in [-0.4, -0.2) is 62.1 Å². The molecule has 1 unspecified atom stereocenters. The van der Waals surface area contributed by atoms with E-state index in [9.17, 15) is 35.9 Å². The molecule has 1 fully saturated rings. The summed E-state index contributed by atoms with van der Waals surface area (Å²) >= 11 is 1.38. The maximum atomic E-state index is 13.7. The minimum absolute atomic E-state index is 0.0164. The van der Waals surface area contributed by atoms with Crippen molar-refractivity contribution in [3.63, 3.8) is 0 Å². The van der Waals surface area contributed by atoms with Crippen molar-refractivity contribution >= 4 is 23.2 Å². The molecule has 1 atom stereocenters. The molecule has 5 rings (SSSR count). The van der Waals surface area contributed by atoms with Crippen LogP contribution in [0.4, 0.5) is 26.3 Å². The van der Waals surface area contributed by atoms with Gasteiger partial charge < -0.3 is 9.80 Å². The van der Waals surface area contributed by atoms with Crippen LogP contribution in [0.1, 0.15) is 64.2 Å². The van der Waals surface area contributed by atoms with E-state index in [0.717, 1.165) is 11.3 Å². The summed E-state index contributed by atoms with van der Waals surface area (Å²) in [5.41, 5.74) is -1.17. The lowest BCUT2D eigenvalue weighted by molar-refractivity contribution is -0.143. The number of alkyl halides is 6. The quantitative estimate of drug-likeness (QED) is 0.219. The van der Waals surface area contributed by atoms with Crippen LogP contribution in [0.2, 0.25) is 0 Å². The summed E-state index contributed by atoms with van der Waals surface area (Å²) in [5.74, 6) is -1.45. The summed E-state index contributed by atoms with van der Waals surface area (Å²) < 4.78 is 81.7. The molecule has 7 nitrogen and oxygen atoms in total. The number of rotatable bonds is 5. The molecule has 4 aromatic rings. The van der Waals surface area contributed by atoms with E-state index in [1.807, 2.05) is 49.6 Å². The number of nitrogens with zero attached hydrogens (tertiary/aromatic N) is 5. The highest BCUT2D eigenvalue weighted by Crippen LogP contribution is 2.37. The minimum Gasteiger partial charge on any atom is -0.335 e. The number of aromatic nitrogens is 3. The Morgan fingerprint density at radius 2 is 1.57 bits per heavy atom. The number of carbonyl (C=O) groups excluding carboxylic acids is 2. The molecule has 0 bridgehead atoms. The van der Waals surface area contributed by atoms with Crippen molar-refractivity contribution in [2.75, 3.05) is 19.6 Å². The smallest absolute Gasteiger partial charge is 0.335 e. The zero-order chi connectivity index (χ0) is 32.0. The molecule has 2 aromatic heterocycles. The molecular weight excluding hydrogens is 608 g/mol. The van der Waals surface area contributed by atoms with Crippen LogP contribution in [-0.2, 0) is 12.4 Å². The molecule has 0 radical (unpaired) electrons. The first-order valence-corrected chi connectivity index (χ1v) is 14.5. The first-order valence-electron chi connectivity index (χ1n) is 13.6. The van der Waals surface area contributed by atoms with Gasteiger partial charge in [0, 0.05) is 42.2 Å². The van der Waals surface area contributed by atoms with Crippen molar-refractivity contribution < 1.29 is 35.9 Å². The minimum atomic E-state index is -5.08. The van der Waals surface area contributed by atoms with Gasteiger partial charge in [-0.05, 0) is 31.0 Å². The third kappa shape index (κ3) is 6.21. The zero-order valence-electron chi connectivity index (χ0n) is 23.8. The number of thiazole rings is 1. The van der Waals surface area contributed by atoms with Crippen LogP contribution in [0.15, 0.2) is 60.1 Å². The standard InChI is InChI=1S/C30H27F6N5O2S/c1-17(2)25-23(14-37-41(25)28-38-24(16-44-28)19-7-5-4-6-8-19)27(43)39-9-10-40(18(3)15-39)26(42)20-11-21(29(31,32)33)13-22(12-20)30(34,35)36/h4-8,11-14,16-18H,9-10,15H2,1-3H3. The fourth-order valence-electron chi connectivity index (χ4n) is 5.19. The van der Waals surface area contributed by atoms with Crippen LogP contribution in [0, 0.1) is 0 Å². The zero-order valence-corrected chi connectivity index (χ0v) is 24.6. The third-order valence-corrected chi connectivity index (χ3v) is 8.15. The highest BCUT2D eigenvalue weighted by Gasteiger charge is 2.39. The van der Waals surface area contributed by atoms with E-state index in [2.05, 4.69) is 5.10 Å². The SMILES string of the molecule is CC(C)c1c(C(=O)N2CCN(C(=O)c3cc(C(F)(F)F)cc(C(F)(F)F)c3)C(C)C2)cnn1-c1nc(-c2ccccc2)cs1. The van der Waals surface area contributed by atoms with Gasteiger partial charge in [-0.1, -0.05) is 44.2 Å². The van der Waals surface area contributed by atoms with Crippen LogP contribution >= 0.6 is 11.3 Å². The summed E-state index contributed by atoms with van der Waals surface area (Å²) in [5, 5.41) is 6.94. The van der Waals surface area contributed by atoms with E-state index < -0.39 is 41.0 Å². The fourth-order valence-corrected chi connectivity index (χ4v) is 5.99. The molecule has 2 amide bonds. The number of amides is 2. The Morgan fingerprint density at radius 1 is 0.932 bits per heavy atom. The van der Waals surface area contributed by atoms with Gasteiger partial charge in [0.25, 0.3) is 11.8 Å². The molecule has 1 saturated heterocycles. The lowest BCUT2D eigenvalue weighted by Gasteiger charge is -2.40. The van der Waals surface area contributed by atoms with Gasteiger partial charge in [-0.15, -0.1) is 11.3 Å². The molecule has 0 N–H and O–H groups in total. The molecule has 232 valence electrons. The van der Waals surface area contributed by atoms with Gasteiger partial charge in [-0.2, -0.15) is 31.4 Å². The molecule has 0 saturated carbocycles. The number of halogens is 6. The van der Waals surface area contributed by atoms with Crippen LogP contribution in [0.5, 0.6) is 0 Å². The van der Waals surface area contributed by atoms with Crippen molar-refractivity contribution in [3.05, 3.63) is 88.1 Å². The van der Waals surface area contributed by atoms with Crippen molar-refractivity contribution in [1.82, 2.24) is 24.6 Å². The highest BCUT2D eigenvalue weighted by molar-refractivity contribution is 7.12. The number of hydrogen-bond donors (Lipinski definition) is 0. The predicted octanol–water partition coefficient (Wildman–Crippen LogP) is 7.14. The molecular formula is C30H27F6N5O2S. The van der Waals surface area contributed by atoms with Crippen LogP contribution in [0.3, 0.4) is 0 Å². The van der Waals surface area contributed by atoms with Gasteiger partial charge in [0.05, 0.1) is 34.3 Å². The monoisotopic (exact) mass is 635 g/mol. The van der Waals surface area contributed by atoms with E-state index in [4.69, 9.17) is 4.98 Å². The van der Waals surface area contributed by atoms with E-state index in [-0.39, 0.29) is 37.5 Å².